The highest BCUT2D eigenvalue weighted by Crippen LogP contribution is 2.62. The molecule has 4 aliphatic rings. The van der Waals surface area contributed by atoms with Gasteiger partial charge < -0.3 is 24.3 Å². The fourth-order valence-corrected chi connectivity index (χ4v) is 6.84. The summed E-state index contributed by atoms with van der Waals surface area (Å²) in [6.45, 7) is 6.66. The number of carbonyl (C=O) groups is 1. The fraction of sp³-hybridized carbons (Fsp3) is 0.536. The highest BCUT2D eigenvalue weighted by Gasteiger charge is 2.68. The molecule has 1 saturated heterocycles. The molecule has 1 saturated carbocycles. The smallest absolute Gasteiger partial charge is 0.246 e. The van der Waals surface area contributed by atoms with Crippen LogP contribution in [0.1, 0.15) is 49.8 Å². The normalized spacial score (nSPS) is 31.4. The Kier molecular flexibility index (Phi) is 5.27. The molecule has 6 rings (SSSR count). The highest BCUT2D eigenvalue weighted by atomic mass is 16.5. The van der Waals surface area contributed by atoms with Gasteiger partial charge in [0.1, 0.15) is 6.10 Å². The summed E-state index contributed by atoms with van der Waals surface area (Å²) in [5.74, 6) is 1.21. The van der Waals surface area contributed by atoms with Gasteiger partial charge in [-0.25, -0.2) is 0 Å². The monoisotopic (exact) mass is 478 g/mol. The van der Waals surface area contributed by atoms with E-state index in [0.717, 1.165) is 48.5 Å². The molecule has 4 atom stereocenters. The molecule has 4 unspecified atom stereocenters. The quantitative estimate of drug-likeness (QED) is 0.594. The Hall–Kier alpha value is -2.77. The lowest BCUT2D eigenvalue weighted by Crippen LogP contribution is -2.73. The number of likely N-dealkylation sites (tertiary alicyclic amines) is 1. The van der Waals surface area contributed by atoms with Crippen LogP contribution in [0, 0.1) is 5.92 Å². The molecular formula is C28H34N2O5. The van der Waals surface area contributed by atoms with E-state index >= 15 is 0 Å². The van der Waals surface area contributed by atoms with Crippen LogP contribution in [0.25, 0.3) is 6.08 Å². The maximum atomic E-state index is 13.1. The van der Waals surface area contributed by atoms with Crippen molar-refractivity contribution in [1.29, 1.82) is 0 Å². The van der Waals surface area contributed by atoms with Gasteiger partial charge in [0.05, 0.1) is 30.1 Å². The summed E-state index contributed by atoms with van der Waals surface area (Å²) in [5, 5.41) is 23.0. The second kappa shape index (κ2) is 8.14. The molecule has 7 heteroatoms. The largest absolute Gasteiger partial charge is 0.504 e. The van der Waals surface area contributed by atoms with E-state index in [1.54, 1.807) is 41.7 Å². The predicted molar refractivity (Wildman–Crippen MR) is 131 cm³/mol. The second-order valence-electron chi connectivity index (χ2n) is 10.8. The van der Waals surface area contributed by atoms with Crippen LogP contribution in [0.5, 0.6) is 11.5 Å². The Morgan fingerprint density at radius 1 is 1.31 bits per heavy atom. The van der Waals surface area contributed by atoms with Crippen molar-refractivity contribution < 1.29 is 24.2 Å². The Morgan fingerprint density at radius 3 is 2.86 bits per heavy atom. The summed E-state index contributed by atoms with van der Waals surface area (Å²) < 4.78 is 11.6. The molecule has 1 amide bonds. The fourth-order valence-electron chi connectivity index (χ4n) is 6.84. The van der Waals surface area contributed by atoms with Crippen LogP contribution in [0.15, 0.2) is 41.2 Å². The minimum atomic E-state index is -1.05. The number of hydrogen-bond donors (Lipinski definition) is 2. The van der Waals surface area contributed by atoms with Crippen LogP contribution in [0.3, 0.4) is 0 Å². The van der Waals surface area contributed by atoms with E-state index in [-0.39, 0.29) is 17.7 Å². The number of aromatic hydroxyl groups is 1. The van der Waals surface area contributed by atoms with Crippen molar-refractivity contribution in [2.75, 3.05) is 26.2 Å². The molecule has 3 heterocycles. The van der Waals surface area contributed by atoms with Crippen LogP contribution in [-0.4, -0.2) is 69.8 Å². The molecule has 1 spiro atoms. The summed E-state index contributed by atoms with van der Waals surface area (Å²) in [6, 6.07) is 5.49. The average Bonchev–Trinajstić information content (AvgIpc) is 3.36. The van der Waals surface area contributed by atoms with Gasteiger partial charge in [-0.2, -0.15) is 0 Å². The first-order valence-electron chi connectivity index (χ1n) is 12.8. The standard InChI is InChI=1S/C28H34N2O5/c1-3-29(24(32)9-6-19-10-13-34-17-19)16-23-28-11-12-30(15-18-4-5-18)22(27(28,2)33)14-20-7-8-21(31)26(35-23)25(20)28/h6-10,13,17-18,22-23,31,33H,3-5,11-12,14-16H2,1-2H3/b9-6+. The molecular weight excluding hydrogens is 444 g/mol. The van der Waals surface area contributed by atoms with E-state index in [9.17, 15) is 15.0 Å². The van der Waals surface area contributed by atoms with E-state index in [1.807, 2.05) is 19.9 Å². The number of phenolic OH excluding ortho intramolecular Hbond substituents is 1. The molecule has 2 N–H and O–H groups in total. The van der Waals surface area contributed by atoms with Gasteiger partial charge in [-0.15, -0.1) is 0 Å². The topological polar surface area (TPSA) is 86.4 Å². The van der Waals surface area contributed by atoms with Crippen molar-refractivity contribution in [1.82, 2.24) is 9.80 Å². The summed E-state index contributed by atoms with van der Waals surface area (Å²) >= 11 is 0. The zero-order valence-electron chi connectivity index (χ0n) is 20.4. The van der Waals surface area contributed by atoms with Gasteiger partial charge in [0, 0.05) is 36.3 Å². The number of carbonyl (C=O) groups excluding carboxylic acids is 1. The van der Waals surface area contributed by atoms with E-state index in [2.05, 4.69) is 4.90 Å². The van der Waals surface area contributed by atoms with E-state index in [1.165, 1.54) is 12.8 Å². The molecule has 7 nitrogen and oxygen atoms in total. The number of amides is 1. The molecule has 2 aliphatic carbocycles. The van der Waals surface area contributed by atoms with Crippen molar-refractivity contribution in [3.05, 3.63) is 53.5 Å². The number of likely N-dealkylation sites (N-methyl/N-ethyl adjacent to an activating group) is 1. The lowest BCUT2D eigenvalue weighted by molar-refractivity contribution is -0.159. The Bertz CT molecular complexity index is 1150. The number of benzene rings is 1. The Labute approximate surface area is 206 Å². The van der Waals surface area contributed by atoms with Crippen LogP contribution < -0.4 is 4.74 Å². The maximum Gasteiger partial charge on any atom is 0.246 e. The van der Waals surface area contributed by atoms with Gasteiger partial charge in [0.2, 0.25) is 5.91 Å². The first kappa shape index (κ1) is 22.7. The predicted octanol–water partition coefficient (Wildman–Crippen LogP) is 3.34. The zero-order chi connectivity index (χ0) is 24.4. The molecule has 2 aromatic rings. The molecule has 186 valence electrons. The minimum absolute atomic E-state index is 0.0160. The maximum absolute atomic E-state index is 13.1. The second-order valence-corrected chi connectivity index (χ2v) is 10.8. The Balaban J connectivity index is 1.35. The number of fused-ring (bicyclic) bond motifs is 1. The minimum Gasteiger partial charge on any atom is -0.504 e. The van der Waals surface area contributed by atoms with Gasteiger partial charge in [0.25, 0.3) is 0 Å². The number of phenols is 1. The van der Waals surface area contributed by atoms with E-state index in [4.69, 9.17) is 9.15 Å². The van der Waals surface area contributed by atoms with Gasteiger partial charge in [-0.05, 0) is 75.8 Å². The SMILES string of the molecule is CCN(CC1Oc2c(O)ccc3c2C12CCN(CC1CC1)C(C3)C2(C)O)C(=O)/C=C/c1ccoc1. The van der Waals surface area contributed by atoms with Gasteiger partial charge in [-0.3, -0.25) is 9.69 Å². The van der Waals surface area contributed by atoms with Gasteiger partial charge in [-0.1, -0.05) is 6.07 Å². The summed E-state index contributed by atoms with van der Waals surface area (Å²) in [4.78, 5) is 17.4. The van der Waals surface area contributed by atoms with E-state index < -0.39 is 17.1 Å². The third kappa shape index (κ3) is 3.43. The van der Waals surface area contributed by atoms with Crippen molar-refractivity contribution in [2.45, 2.75) is 62.7 Å². The number of furan rings is 1. The van der Waals surface area contributed by atoms with Gasteiger partial charge in [0.15, 0.2) is 11.5 Å². The summed E-state index contributed by atoms with van der Waals surface area (Å²) in [6.07, 6.45) is 10.0. The first-order chi connectivity index (χ1) is 16.8. The van der Waals surface area contributed by atoms with Gasteiger partial charge >= 0.3 is 0 Å². The number of hydrogen-bond acceptors (Lipinski definition) is 6. The molecule has 1 aromatic carbocycles. The number of piperidine rings is 1. The molecule has 35 heavy (non-hydrogen) atoms. The molecule has 2 fully saturated rings. The molecule has 2 bridgehead atoms. The molecule has 1 aromatic heterocycles. The lowest BCUT2D eigenvalue weighted by atomic mass is 9.53. The lowest BCUT2D eigenvalue weighted by Gasteiger charge is -2.60. The van der Waals surface area contributed by atoms with Crippen molar-refractivity contribution in [3.8, 4) is 11.5 Å². The Morgan fingerprint density at radius 2 is 2.14 bits per heavy atom. The van der Waals surface area contributed by atoms with Crippen LogP contribution >= 0.6 is 0 Å². The van der Waals surface area contributed by atoms with Crippen LogP contribution in [-0.2, 0) is 16.6 Å². The first-order valence-corrected chi connectivity index (χ1v) is 12.8. The number of rotatable bonds is 7. The van der Waals surface area contributed by atoms with Crippen molar-refractivity contribution >= 4 is 12.0 Å². The van der Waals surface area contributed by atoms with Crippen LogP contribution in [0.4, 0.5) is 0 Å². The molecule has 0 radical (unpaired) electrons. The highest BCUT2D eigenvalue weighted by molar-refractivity contribution is 5.91. The third-order valence-electron chi connectivity index (χ3n) is 8.91. The molecule has 2 aliphatic heterocycles. The van der Waals surface area contributed by atoms with Crippen molar-refractivity contribution in [2.24, 2.45) is 5.92 Å². The number of aliphatic hydroxyl groups is 1. The number of nitrogens with zero attached hydrogens (tertiary/aromatic N) is 2. The average molecular weight is 479 g/mol. The van der Waals surface area contributed by atoms with Crippen LogP contribution in [0.2, 0.25) is 0 Å². The summed E-state index contributed by atoms with van der Waals surface area (Å²) in [7, 11) is 0. The zero-order valence-corrected chi connectivity index (χ0v) is 20.4. The van der Waals surface area contributed by atoms with Crippen molar-refractivity contribution in [3.63, 3.8) is 0 Å². The third-order valence-corrected chi connectivity index (χ3v) is 8.91. The van der Waals surface area contributed by atoms with E-state index in [0.29, 0.717) is 18.8 Å². The summed E-state index contributed by atoms with van der Waals surface area (Å²) in [5.41, 5.74) is 1.19. The number of ether oxygens (including phenoxy) is 1.